The van der Waals surface area contributed by atoms with Crippen LogP contribution in [0.5, 0.6) is 0 Å². The van der Waals surface area contributed by atoms with Gasteiger partial charge in [-0.05, 0) is 37.7 Å². The third kappa shape index (κ3) is 3.55. The number of nitrogens with one attached hydrogen (secondary N) is 2. The molecule has 114 valence electrons. The van der Waals surface area contributed by atoms with E-state index in [9.17, 15) is 12.8 Å². The van der Waals surface area contributed by atoms with Crippen molar-refractivity contribution < 1.29 is 12.8 Å². The van der Waals surface area contributed by atoms with Crippen LogP contribution in [0.25, 0.3) is 0 Å². The van der Waals surface area contributed by atoms with Crippen LogP contribution in [0.15, 0.2) is 28.5 Å². The number of aryl methyl sites for hydroxylation is 1. The summed E-state index contributed by atoms with van der Waals surface area (Å²) in [5.74, 6) is -0.713. The Kier molecular flexibility index (Phi) is 4.88. The molecule has 0 fully saturated rings. The van der Waals surface area contributed by atoms with Crippen LogP contribution in [0.2, 0.25) is 5.02 Å². The fourth-order valence-corrected chi connectivity index (χ4v) is 4.69. The summed E-state index contributed by atoms with van der Waals surface area (Å²) in [6.45, 7) is 2.41. The molecule has 0 aliphatic carbocycles. The minimum atomic E-state index is -3.86. The van der Waals surface area contributed by atoms with E-state index < -0.39 is 15.8 Å². The Morgan fingerprint density at radius 2 is 2.10 bits per heavy atom. The summed E-state index contributed by atoms with van der Waals surface area (Å²) in [7, 11) is -2.08. The van der Waals surface area contributed by atoms with E-state index in [0.717, 1.165) is 27.8 Å². The van der Waals surface area contributed by atoms with E-state index >= 15 is 0 Å². The number of sulfonamides is 1. The summed E-state index contributed by atoms with van der Waals surface area (Å²) in [4.78, 5) is 0.914. The number of para-hydroxylation sites is 1. The van der Waals surface area contributed by atoms with Gasteiger partial charge in [-0.1, -0.05) is 17.7 Å². The van der Waals surface area contributed by atoms with E-state index in [-0.39, 0.29) is 14.9 Å². The molecule has 0 saturated heterocycles. The van der Waals surface area contributed by atoms with Gasteiger partial charge in [-0.2, -0.15) is 0 Å². The molecule has 4 nitrogen and oxygen atoms in total. The highest BCUT2D eigenvalue weighted by Gasteiger charge is 2.21. The standard InChI is InChI=1S/C13H14ClFN2O2S2/c1-8-6-12(20-11(8)7-16-2)21(18,19)17-13-9(14)4-3-5-10(13)15/h3-6,16-17H,7H2,1-2H3. The van der Waals surface area contributed by atoms with Crippen LogP contribution in [0.1, 0.15) is 10.4 Å². The van der Waals surface area contributed by atoms with Crippen LogP contribution in [0.4, 0.5) is 10.1 Å². The Hall–Kier alpha value is -1.15. The maximum atomic E-state index is 13.7. The van der Waals surface area contributed by atoms with E-state index in [0.29, 0.717) is 6.54 Å². The largest absolute Gasteiger partial charge is 0.315 e. The molecule has 0 unspecified atom stereocenters. The summed E-state index contributed by atoms with van der Waals surface area (Å²) in [5, 5.41) is 2.99. The van der Waals surface area contributed by atoms with Gasteiger partial charge < -0.3 is 5.32 Å². The van der Waals surface area contributed by atoms with Crippen molar-refractivity contribution in [2.45, 2.75) is 17.7 Å². The molecule has 0 spiro atoms. The van der Waals surface area contributed by atoms with Gasteiger partial charge in [0.2, 0.25) is 0 Å². The van der Waals surface area contributed by atoms with Crippen LogP contribution in [-0.4, -0.2) is 15.5 Å². The van der Waals surface area contributed by atoms with E-state index in [4.69, 9.17) is 11.6 Å². The lowest BCUT2D eigenvalue weighted by Gasteiger charge is -2.08. The summed E-state index contributed by atoms with van der Waals surface area (Å²) in [6, 6.07) is 5.55. The molecule has 1 aromatic carbocycles. The number of hydrogen-bond donors (Lipinski definition) is 2. The fourth-order valence-electron chi connectivity index (χ4n) is 1.74. The molecule has 2 N–H and O–H groups in total. The van der Waals surface area contributed by atoms with Gasteiger partial charge in [0.25, 0.3) is 10.0 Å². The molecule has 1 heterocycles. The Morgan fingerprint density at radius 3 is 2.71 bits per heavy atom. The Labute approximate surface area is 132 Å². The lowest BCUT2D eigenvalue weighted by molar-refractivity contribution is 0.600. The minimum absolute atomic E-state index is 0.0160. The molecule has 0 saturated carbocycles. The highest BCUT2D eigenvalue weighted by Crippen LogP contribution is 2.31. The fraction of sp³-hybridized carbons (Fsp3) is 0.231. The molecule has 0 aliphatic rings. The molecule has 8 heteroatoms. The summed E-state index contributed by atoms with van der Waals surface area (Å²) < 4.78 is 40.7. The monoisotopic (exact) mass is 348 g/mol. The second kappa shape index (κ2) is 6.31. The summed E-state index contributed by atoms with van der Waals surface area (Å²) >= 11 is 6.98. The highest BCUT2D eigenvalue weighted by molar-refractivity contribution is 7.94. The van der Waals surface area contributed by atoms with Crippen LogP contribution >= 0.6 is 22.9 Å². The van der Waals surface area contributed by atoms with E-state index in [1.165, 1.54) is 12.1 Å². The van der Waals surface area contributed by atoms with Crippen molar-refractivity contribution in [1.82, 2.24) is 5.32 Å². The molecule has 0 radical (unpaired) electrons. The topological polar surface area (TPSA) is 58.2 Å². The molecule has 1 aromatic heterocycles. The maximum Gasteiger partial charge on any atom is 0.271 e. The molecule has 0 atom stereocenters. The molecule has 0 bridgehead atoms. The average Bonchev–Trinajstić information content (AvgIpc) is 2.77. The van der Waals surface area contributed by atoms with Crippen molar-refractivity contribution in [3.05, 3.63) is 45.5 Å². The quantitative estimate of drug-likeness (QED) is 0.871. The third-order valence-corrected chi connectivity index (χ3v) is 6.17. The third-order valence-electron chi connectivity index (χ3n) is 2.80. The predicted molar refractivity (Wildman–Crippen MR) is 84.0 cm³/mol. The minimum Gasteiger partial charge on any atom is -0.315 e. The number of benzene rings is 1. The van der Waals surface area contributed by atoms with Crippen molar-refractivity contribution in [2.24, 2.45) is 0 Å². The van der Waals surface area contributed by atoms with Crippen molar-refractivity contribution in [2.75, 3.05) is 11.8 Å². The Balaban J connectivity index is 2.37. The molecular formula is C13H14ClFN2O2S2. The zero-order valence-electron chi connectivity index (χ0n) is 11.4. The molecular weight excluding hydrogens is 335 g/mol. The van der Waals surface area contributed by atoms with Gasteiger partial charge in [-0.25, -0.2) is 12.8 Å². The van der Waals surface area contributed by atoms with Gasteiger partial charge in [0.1, 0.15) is 15.7 Å². The Morgan fingerprint density at radius 1 is 1.38 bits per heavy atom. The van der Waals surface area contributed by atoms with Gasteiger partial charge in [0.15, 0.2) is 0 Å². The van der Waals surface area contributed by atoms with Crippen LogP contribution in [-0.2, 0) is 16.6 Å². The number of anilines is 1. The van der Waals surface area contributed by atoms with Gasteiger partial charge in [-0.3, -0.25) is 4.72 Å². The average molecular weight is 349 g/mol. The van der Waals surface area contributed by atoms with Crippen LogP contribution in [0.3, 0.4) is 0 Å². The number of halogens is 2. The first kappa shape index (κ1) is 16.2. The SMILES string of the molecule is CNCc1sc(S(=O)(=O)Nc2c(F)cccc2Cl)cc1C. The second-order valence-electron chi connectivity index (χ2n) is 4.40. The van der Waals surface area contributed by atoms with Crippen molar-refractivity contribution in [3.63, 3.8) is 0 Å². The number of thiophene rings is 1. The van der Waals surface area contributed by atoms with Gasteiger partial charge in [0.05, 0.1) is 5.02 Å². The van der Waals surface area contributed by atoms with Crippen molar-refractivity contribution >= 4 is 38.6 Å². The molecule has 0 amide bonds. The molecule has 21 heavy (non-hydrogen) atoms. The van der Waals surface area contributed by atoms with Crippen LogP contribution in [0, 0.1) is 12.7 Å². The lowest BCUT2D eigenvalue weighted by Crippen LogP contribution is -2.13. The first-order valence-electron chi connectivity index (χ1n) is 6.06. The second-order valence-corrected chi connectivity index (χ2v) is 7.86. The van der Waals surface area contributed by atoms with E-state index in [2.05, 4.69) is 10.0 Å². The van der Waals surface area contributed by atoms with Gasteiger partial charge >= 0.3 is 0 Å². The molecule has 0 aliphatic heterocycles. The molecule has 2 aromatic rings. The van der Waals surface area contributed by atoms with E-state index in [1.54, 1.807) is 13.1 Å². The highest BCUT2D eigenvalue weighted by atomic mass is 35.5. The predicted octanol–water partition coefficient (Wildman–Crippen LogP) is 3.37. The summed E-state index contributed by atoms with van der Waals surface area (Å²) in [6.07, 6.45) is 0. The van der Waals surface area contributed by atoms with Gasteiger partial charge in [-0.15, -0.1) is 11.3 Å². The first-order valence-corrected chi connectivity index (χ1v) is 8.73. The lowest BCUT2D eigenvalue weighted by atomic mass is 10.3. The normalized spacial score (nSPS) is 11.6. The van der Waals surface area contributed by atoms with Crippen molar-refractivity contribution in [1.29, 1.82) is 0 Å². The zero-order valence-corrected chi connectivity index (χ0v) is 13.8. The number of hydrogen-bond acceptors (Lipinski definition) is 4. The smallest absolute Gasteiger partial charge is 0.271 e. The summed E-state index contributed by atoms with van der Waals surface area (Å²) in [5.41, 5.74) is 0.634. The molecule has 2 rings (SSSR count). The van der Waals surface area contributed by atoms with Gasteiger partial charge in [0, 0.05) is 11.4 Å². The van der Waals surface area contributed by atoms with Crippen LogP contribution < -0.4 is 10.0 Å². The van der Waals surface area contributed by atoms with E-state index in [1.807, 2.05) is 6.92 Å². The maximum absolute atomic E-state index is 13.7. The Bertz CT molecular complexity index is 739. The van der Waals surface area contributed by atoms with Crippen molar-refractivity contribution in [3.8, 4) is 0 Å². The first-order chi connectivity index (χ1) is 9.85. The zero-order chi connectivity index (χ0) is 15.6. The number of rotatable bonds is 5.